The van der Waals surface area contributed by atoms with Crippen molar-refractivity contribution in [2.75, 3.05) is 20.8 Å². The summed E-state index contributed by atoms with van der Waals surface area (Å²) < 4.78 is 28.7. The second-order valence-corrected chi connectivity index (χ2v) is 4.59. The molecule has 22 heavy (non-hydrogen) atoms. The van der Waals surface area contributed by atoms with Gasteiger partial charge in [0, 0.05) is 0 Å². The van der Waals surface area contributed by atoms with E-state index in [0.29, 0.717) is 17.1 Å². The van der Waals surface area contributed by atoms with E-state index in [4.69, 9.17) is 14.2 Å². The van der Waals surface area contributed by atoms with Crippen LogP contribution < -0.4 is 9.47 Å². The molecule has 0 N–H and O–H groups in total. The lowest BCUT2D eigenvalue weighted by atomic mass is 10.0. The van der Waals surface area contributed by atoms with Crippen LogP contribution in [0.15, 0.2) is 48.5 Å². The first-order valence-corrected chi connectivity index (χ1v) is 6.74. The van der Waals surface area contributed by atoms with Crippen molar-refractivity contribution in [2.24, 2.45) is 0 Å². The number of hydrogen-bond donors (Lipinski definition) is 0. The predicted octanol–water partition coefficient (Wildman–Crippen LogP) is 3.17. The highest BCUT2D eigenvalue weighted by atomic mass is 19.1. The summed E-state index contributed by atoms with van der Waals surface area (Å²) in [6.07, 6.45) is 0. The minimum absolute atomic E-state index is 0.0681. The molecule has 0 spiro atoms. The number of esters is 1. The second-order valence-electron chi connectivity index (χ2n) is 4.59. The van der Waals surface area contributed by atoms with Crippen molar-refractivity contribution in [3.63, 3.8) is 0 Å². The van der Waals surface area contributed by atoms with Crippen LogP contribution in [0.2, 0.25) is 0 Å². The molecule has 1 atom stereocenters. The van der Waals surface area contributed by atoms with Gasteiger partial charge in [-0.2, -0.15) is 0 Å². The zero-order valence-electron chi connectivity index (χ0n) is 12.4. The van der Waals surface area contributed by atoms with Gasteiger partial charge in [-0.15, -0.1) is 0 Å². The third kappa shape index (κ3) is 3.75. The predicted molar refractivity (Wildman–Crippen MR) is 79.6 cm³/mol. The molecule has 4 nitrogen and oxygen atoms in total. The molecule has 116 valence electrons. The average molecular weight is 304 g/mol. The normalized spacial score (nSPS) is 11.6. The summed E-state index contributed by atoms with van der Waals surface area (Å²) in [5.74, 6) is -0.346. The number of para-hydroxylation sites is 2. The Bertz CT molecular complexity index is 625. The second kappa shape index (κ2) is 7.45. The molecular weight excluding hydrogens is 287 g/mol. The van der Waals surface area contributed by atoms with Gasteiger partial charge in [0.2, 0.25) is 0 Å². The molecule has 0 bridgehead atoms. The maximum atomic E-state index is 13.0. The number of ether oxygens (including phenoxy) is 3. The third-order valence-corrected chi connectivity index (χ3v) is 3.23. The van der Waals surface area contributed by atoms with Crippen LogP contribution in [-0.2, 0) is 9.53 Å². The lowest BCUT2D eigenvalue weighted by Crippen LogP contribution is -2.21. The molecule has 0 aliphatic carbocycles. The molecule has 0 aliphatic heterocycles. The first-order chi connectivity index (χ1) is 10.7. The standard InChI is InChI=1S/C17H17FO4/c1-20-15-5-3-4-6-16(15)22-11-14(17(19)21-2)12-7-9-13(18)10-8-12/h3-10,14H,11H2,1-2H3. The summed E-state index contributed by atoms with van der Waals surface area (Å²) in [5.41, 5.74) is 0.628. The Labute approximate surface area is 128 Å². The van der Waals surface area contributed by atoms with Crippen molar-refractivity contribution >= 4 is 5.97 Å². The van der Waals surface area contributed by atoms with Crippen LogP contribution in [0.4, 0.5) is 4.39 Å². The molecule has 0 aliphatic rings. The summed E-state index contributed by atoms with van der Waals surface area (Å²) in [5, 5.41) is 0. The average Bonchev–Trinajstić information content (AvgIpc) is 2.56. The summed E-state index contributed by atoms with van der Waals surface area (Å²) >= 11 is 0. The molecule has 0 saturated carbocycles. The van der Waals surface area contributed by atoms with Crippen LogP contribution in [0.5, 0.6) is 11.5 Å². The van der Waals surface area contributed by atoms with E-state index in [-0.39, 0.29) is 12.4 Å². The number of carbonyl (C=O) groups excluding carboxylic acids is 1. The maximum absolute atomic E-state index is 13.0. The van der Waals surface area contributed by atoms with Gasteiger partial charge < -0.3 is 14.2 Å². The zero-order valence-corrected chi connectivity index (χ0v) is 12.4. The van der Waals surface area contributed by atoms with E-state index in [1.807, 2.05) is 12.1 Å². The minimum Gasteiger partial charge on any atom is -0.493 e. The van der Waals surface area contributed by atoms with Gasteiger partial charge in [0.15, 0.2) is 11.5 Å². The van der Waals surface area contributed by atoms with E-state index in [2.05, 4.69) is 0 Å². The lowest BCUT2D eigenvalue weighted by molar-refractivity contribution is -0.143. The molecule has 0 radical (unpaired) electrons. The number of hydrogen-bond acceptors (Lipinski definition) is 4. The largest absolute Gasteiger partial charge is 0.493 e. The van der Waals surface area contributed by atoms with Gasteiger partial charge in [0.1, 0.15) is 18.3 Å². The van der Waals surface area contributed by atoms with Crippen molar-refractivity contribution in [1.82, 2.24) is 0 Å². The number of rotatable bonds is 6. The van der Waals surface area contributed by atoms with E-state index >= 15 is 0 Å². The Balaban J connectivity index is 2.17. The van der Waals surface area contributed by atoms with Crippen LogP contribution in [0.1, 0.15) is 11.5 Å². The topological polar surface area (TPSA) is 44.8 Å². The smallest absolute Gasteiger partial charge is 0.316 e. The first-order valence-electron chi connectivity index (χ1n) is 6.74. The van der Waals surface area contributed by atoms with E-state index in [9.17, 15) is 9.18 Å². The van der Waals surface area contributed by atoms with E-state index in [1.165, 1.54) is 19.2 Å². The Morgan fingerprint density at radius 1 is 1.05 bits per heavy atom. The van der Waals surface area contributed by atoms with Crippen LogP contribution in [0.3, 0.4) is 0 Å². The minimum atomic E-state index is -0.643. The van der Waals surface area contributed by atoms with Gasteiger partial charge in [0.25, 0.3) is 0 Å². The van der Waals surface area contributed by atoms with E-state index in [1.54, 1.807) is 31.4 Å². The number of carbonyl (C=O) groups is 1. The number of halogens is 1. The molecule has 2 rings (SSSR count). The van der Waals surface area contributed by atoms with Gasteiger partial charge in [0.05, 0.1) is 14.2 Å². The molecule has 0 heterocycles. The third-order valence-electron chi connectivity index (χ3n) is 3.23. The number of benzene rings is 2. The summed E-state index contributed by atoms with van der Waals surface area (Å²) in [7, 11) is 2.85. The highest BCUT2D eigenvalue weighted by Gasteiger charge is 2.23. The molecule has 2 aromatic rings. The molecule has 2 aromatic carbocycles. The SMILES string of the molecule is COC(=O)C(COc1ccccc1OC)c1ccc(F)cc1. The Kier molecular flexibility index (Phi) is 5.36. The van der Waals surface area contributed by atoms with Crippen LogP contribution in [0.25, 0.3) is 0 Å². The first kappa shape index (κ1) is 15.8. The van der Waals surface area contributed by atoms with Crippen molar-refractivity contribution in [3.8, 4) is 11.5 Å². The van der Waals surface area contributed by atoms with Crippen LogP contribution in [0, 0.1) is 5.82 Å². The van der Waals surface area contributed by atoms with Crippen molar-refractivity contribution in [3.05, 3.63) is 59.9 Å². The molecule has 1 unspecified atom stereocenters. The van der Waals surface area contributed by atoms with E-state index in [0.717, 1.165) is 0 Å². The van der Waals surface area contributed by atoms with Crippen molar-refractivity contribution < 1.29 is 23.4 Å². The Morgan fingerprint density at radius 3 is 2.27 bits per heavy atom. The van der Waals surface area contributed by atoms with Crippen molar-refractivity contribution in [2.45, 2.75) is 5.92 Å². The molecule has 0 aromatic heterocycles. The van der Waals surface area contributed by atoms with E-state index < -0.39 is 11.9 Å². The van der Waals surface area contributed by atoms with Gasteiger partial charge in [-0.25, -0.2) is 4.39 Å². The molecule has 5 heteroatoms. The Hall–Kier alpha value is -2.56. The van der Waals surface area contributed by atoms with Crippen LogP contribution in [-0.4, -0.2) is 26.8 Å². The fourth-order valence-electron chi connectivity index (χ4n) is 2.05. The summed E-state index contributed by atoms with van der Waals surface area (Å²) in [4.78, 5) is 11.9. The fraction of sp³-hybridized carbons (Fsp3) is 0.235. The van der Waals surface area contributed by atoms with Crippen LogP contribution >= 0.6 is 0 Å². The van der Waals surface area contributed by atoms with Gasteiger partial charge in [-0.05, 0) is 29.8 Å². The lowest BCUT2D eigenvalue weighted by Gasteiger charge is -2.17. The highest BCUT2D eigenvalue weighted by Crippen LogP contribution is 2.28. The maximum Gasteiger partial charge on any atom is 0.316 e. The zero-order chi connectivity index (χ0) is 15.9. The Morgan fingerprint density at radius 2 is 1.68 bits per heavy atom. The summed E-state index contributed by atoms with van der Waals surface area (Å²) in [6.45, 7) is 0.0681. The molecular formula is C17H17FO4. The van der Waals surface area contributed by atoms with Crippen molar-refractivity contribution in [1.29, 1.82) is 0 Å². The van der Waals surface area contributed by atoms with Gasteiger partial charge in [-0.1, -0.05) is 24.3 Å². The van der Waals surface area contributed by atoms with Gasteiger partial charge in [-0.3, -0.25) is 4.79 Å². The monoisotopic (exact) mass is 304 g/mol. The molecule has 0 fully saturated rings. The summed E-state index contributed by atoms with van der Waals surface area (Å²) in [6, 6.07) is 12.8. The quantitative estimate of drug-likeness (QED) is 0.769. The highest BCUT2D eigenvalue weighted by molar-refractivity contribution is 5.78. The molecule has 0 saturated heterocycles. The number of methoxy groups -OCH3 is 2. The fourth-order valence-corrected chi connectivity index (χ4v) is 2.05. The van der Waals surface area contributed by atoms with Gasteiger partial charge >= 0.3 is 5.97 Å². The molecule has 0 amide bonds.